The van der Waals surface area contributed by atoms with Crippen LogP contribution in [-0.2, 0) is 4.79 Å². The Kier molecular flexibility index (Phi) is 8.15. The van der Waals surface area contributed by atoms with Crippen LogP contribution in [0.4, 0.5) is 20.2 Å². The van der Waals surface area contributed by atoms with E-state index in [1.165, 1.54) is 6.07 Å². The molecular formula is C22H24ClF2N3O2S. The zero-order chi connectivity index (χ0) is 22.4. The molecule has 1 fully saturated rings. The summed E-state index contributed by atoms with van der Waals surface area (Å²) < 4.78 is 25.3. The second-order valence-electron chi connectivity index (χ2n) is 7.31. The van der Waals surface area contributed by atoms with Gasteiger partial charge in [-0.3, -0.25) is 9.59 Å². The van der Waals surface area contributed by atoms with Gasteiger partial charge in [0.05, 0.1) is 22.8 Å². The van der Waals surface area contributed by atoms with Gasteiger partial charge in [0.25, 0.3) is 11.7 Å². The van der Waals surface area contributed by atoms with E-state index in [0.29, 0.717) is 38.6 Å². The largest absolute Gasteiger partial charge is 0.376 e. The van der Waals surface area contributed by atoms with Crippen molar-refractivity contribution in [3.63, 3.8) is 0 Å². The van der Waals surface area contributed by atoms with Gasteiger partial charge in [-0.05, 0) is 56.5 Å². The number of nitrogens with zero attached hydrogens (tertiary/aromatic N) is 1. The van der Waals surface area contributed by atoms with Gasteiger partial charge in [0.1, 0.15) is 0 Å². The number of carbonyl (C=O) groups excluding carboxylic acids is 2. The van der Waals surface area contributed by atoms with Crippen LogP contribution in [-0.4, -0.2) is 41.6 Å². The van der Waals surface area contributed by atoms with Gasteiger partial charge < -0.3 is 15.5 Å². The number of benzene rings is 2. The summed E-state index contributed by atoms with van der Waals surface area (Å²) in [4.78, 5) is 27.2. The molecule has 0 aromatic heterocycles. The molecule has 0 saturated carbocycles. The van der Waals surface area contributed by atoms with E-state index >= 15 is 0 Å². The highest BCUT2D eigenvalue weighted by Crippen LogP contribution is 2.31. The first-order chi connectivity index (χ1) is 14.8. The van der Waals surface area contributed by atoms with Gasteiger partial charge in [-0.2, -0.15) is 8.78 Å². The van der Waals surface area contributed by atoms with Gasteiger partial charge >= 0.3 is 0 Å². The zero-order valence-corrected chi connectivity index (χ0v) is 18.6. The summed E-state index contributed by atoms with van der Waals surface area (Å²) in [5, 5.41) is 5.88. The standard InChI is InChI=1S/C22H24ClF2N3O2S/c1-14-6-4-5-11-28(14)21(30)16-10-9-15(12-17(16)23)26-13-20(29)27-18-7-2-3-8-19(18)31-22(24)25/h2-3,7-10,12,14,22,26H,4-6,11,13H2,1H3,(H,27,29). The van der Waals surface area contributed by atoms with E-state index in [9.17, 15) is 18.4 Å². The van der Waals surface area contributed by atoms with Gasteiger partial charge in [0, 0.05) is 23.2 Å². The van der Waals surface area contributed by atoms with Crippen LogP contribution in [0.1, 0.15) is 36.5 Å². The molecule has 1 atom stereocenters. The molecule has 3 rings (SSSR count). The molecule has 0 bridgehead atoms. The number of alkyl halides is 2. The van der Waals surface area contributed by atoms with Crippen molar-refractivity contribution >= 4 is 46.6 Å². The minimum Gasteiger partial charge on any atom is -0.376 e. The summed E-state index contributed by atoms with van der Waals surface area (Å²) in [6.07, 6.45) is 3.09. The van der Waals surface area contributed by atoms with Crippen molar-refractivity contribution in [3.8, 4) is 0 Å². The first kappa shape index (κ1) is 23.3. The predicted octanol–water partition coefficient (Wildman–Crippen LogP) is 5.72. The minimum absolute atomic E-state index is 0.0829. The van der Waals surface area contributed by atoms with Crippen molar-refractivity contribution in [3.05, 3.63) is 53.1 Å². The smallest absolute Gasteiger partial charge is 0.288 e. The summed E-state index contributed by atoms with van der Waals surface area (Å²) in [7, 11) is 0. The van der Waals surface area contributed by atoms with Crippen molar-refractivity contribution < 1.29 is 18.4 Å². The van der Waals surface area contributed by atoms with Gasteiger partial charge in [-0.25, -0.2) is 0 Å². The lowest BCUT2D eigenvalue weighted by atomic mass is 10.0. The topological polar surface area (TPSA) is 61.4 Å². The Labute approximate surface area is 189 Å². The van der Waals surface area contributed by atoms with Crippen LogP contribution in [0.25, 0.3) is 0 Å². The van der Waals surface area contributed by atoms with Crippen LogP contribution in [0, 0.1) is 0 Å². The number of hydrogen-bond donors (Lipinski definition) is 2. The Morgan fingerprint density at radius 3 is 2.71 bits per heavy atom. The Hall–Kier alpha value is -2.32. The van der Waals surface area contributed by atoms with Crippen molar-refractivity contribution in [2.45, 2.75) is 42.9 Å². The molecule has 0 spiro atoms. The van der Waals surface area contributed by atoms with Gasteiger partial charge in [-0.1, -0.05) is 35.5 Å². The van der Waals surface area contributed by atoms with Crippen LogP contribution in [0.2, 0.25) is 5.02 Å². The van der Waals surface area contributed by atoms with Crippen molar-refractivity contribution in [1.82, 2.24) is 4.90 Å². The number of para-hydroxylation sites is 1. The molecule has 5 nitrogen and oxygen atoms in total. The predicted molar refractivity (Wildman–Crippen MR) is 121 cm³/mol. The lowest BCUT2D eigenvalue weighted by Crippen LogP contribution is -2.42. The quantitative estimate of drug-likeness (QED) is 0.511. The third kappa shape index (κ3) is 6.33. The van der Waals surface area contributed by atoms with Crippen LogP contribution in [0.15, 0.2) is 47.4 Å². The molecule has 1 aliphatic heterocycles. The average Bonchev–Trinajstić information content (AvgIpc) is 2.73. The third-order valence-electron chi connectivity index (χ3n) is 5.09. The van der Waals surface area contributed by atoms with Crippen LogP contribution in [0.5, 0.6) is 0 Å². The Morgan fingerprint density at radius 1 is 1.23 bits per heavy atom. The maximum Gasteiger partial charge on any atom is 0.288 e. The third-order valence-corrected chi connectivity index (χ3v) is 6.19. The molecule has 1 unspecified atom stereocenters. The molecule has 0 aliphatic carbocycles. The lowest BCUT2D eigenvalue weighted by Gasteiger charge is -2.33. The molecule has 0 radical (unpaired) electrons. The molecule has 2 amide bonds. The number of likely N-dealkylation sites (tertiary alicyclic amines) is 1. The molecule has 2 aromatic rings. The van der Waals surface area contributed by atoms with Crippen LogP contribution >= 0.6 is 23.4 Å². The van der Waals surface area contributed by atoms with E-state index in [2.05, 4.69) is 10.6 Å². The number of amides is 2. The van der Waals surface area contributed by atoms with Crippen LogP contribution < -0.4 is 10.6 Å². The Bertz CT molecular complexity index is 945. The highest BCUT2D eigenvalue weighted by Gasteiger charge is 2.25. The fourth-order valence-electron chi connectivity index (χ4n) is 3.50. The molecule has 2 aromatic carbocycles. The van der Waals surface area contributed by atoms with E-state index < -0.39 is 5.76 Å². The minimum atomic E-state index is -2.58. The van der Waals surface area contributed by atoms with Crippen molar-refractivity contribution in [1.29, 1.82) is 0 Å². The second-order valence-corrected chi connectivity index (χ2v) is 8.75. The molecule has 1 saturated heterocycles. The average molecular weight is 468 g/mol. The van der Waals surface area contributed by atoms with E-state index in [4.69, 9.17) is 11.6 Å². The number of hydrogen-bond acceptors (Lipinski definition) is 4. The Morgan fingerprint density at radius 2 is 2.00 bits per heavy atom. The van der Waals surface area contributed by atoms with Crippen LogP contribution in [0.3, 0.4) is 0 Å². The summed E-state index contributed by atoms with van der Waals surface area (Å²) in [5.74, 6) is -3.05. The molecule has 31 heavy (non-hydrogen) atoms. The monoisotopic (exact) mass is 467 g/mol. The first-order valence-corrected chi connectivity index (χ1v) is 11.3. The molecule has 9 heteroatoms. The summed E-state index contributed by atoms with van der Waals surface area (Å²) in [6.45, 7) is 2.68. The number of halogens is 3. The second kappa shape index (κ2) is 10.8. The lowest BCUT2D eigenvalue weighted by molar-refractivity contribution is -0.114. The number of anilines is 2. The molecule has 1 aliphatic rings. The number of thioether (sulfide) groups is 1. The number of piperidine rings is 1. The maximum absolute atomic E-state index is 12.8. The number of nitrogens with one attached hydrogen (secondary N) is 2. The fraction of sp³-hybridized carbons (Fsp3) is 0.364. The maximum atomic E-state index is 12.8. The Balaban J connectivity index is 1.59. The fourth-order valence-corrected chi connectivity index (χ4v) is 4.35. The molecular weight excluding hydrogens is 444 g/mol. The normalized spacial score (nSPS) is 16.3. The molecule has 166 valence electrons. The van der Waals surface area contributed by atoms with E-state index in [0.717, 1.165) is 25.8 Å². The highest BCUT2D eigenvalue weighted by molar-refractivity contribution is 7.99. The van der Waals surface area contributed by atoms with Crippen molar-refractivity contribution in [2.75, 3.05) is 23.7 Å². The highest BCUT2D eigenvalue weighted by atomic mass is 35.5. The molecule has 2 N–H and O–H groups in total. The van der Waals surface area contributed by atoms with E-state index in [1.807, 2.05) is 11.8 Å². The number of rotatable bonds is 7. The SMILES string of the molecule is CC1CCCCN1C(=O)c1ccc(NCC(=O)Nc2ccccc2SC(F)F)cc1Cl. The zero-order valence-electron chi connectivity index (χ0n) is 17.0. The number of carbonyl (C=O) groups is 2. The summed E-state index contributed by atoms with van der Waals surface area (Å²) in [6, 6.07) is 11.5. The summed E-state index contributed by atoms with van der Waals surface area (Å²) in [5.41, 5.74) is 1.34. The van der Waals surface area contributed by atoms with Gasteiger partial charge in [-0.15, -0.1) is 0 Å². The molecule has 1 heterocycles. The van der Waals surface area contributed by atoms with E-state index in [-0.39, 0.29) is 24.4 Å². The van der Waals surface area contributed by atoms with Crippen molar-refractivity contribution in [2.24, 2.45) is 0 Å². The first-order valence-electron chi connectivity index (χ1n) is 10.0. The van der Waals surface area contributed by atoms with Gasteiger partial charge in [0.2, 0.25) is 5.91 Å². The van der Waals surface area contributed by atoms with Gasteiger partial charge in [0.15, 0.2) is 0 Å². The summed E-state index contributed by atoms with van der Waals surface area (Å²) >= 11 is 6.72. The van der Waals surface area contributed by atoms with E-state index in [1.54, 1.807) is 36.4 Å².